The van der Waals surface area contributed by atoms with E-state index in [9.17, 15) is 9.59 Å². The van der Waals surface area contributed by atoms with Gasteiger partial charge in [0.15, 0.2) is 5.78 Å². The molecule has 2 aromatic rings. The zero-order chi connectivity index (χ0) is 16.7. The lowest BCUT2D eigenvalue weighted by atomic mass is 9.89. The van der Waals surface area contributed by atoms with Gasteiger partial charge in [0.1, 0.15) is 17.8 Å². The number of carbonyl (C=O) groups is 2. The molecule has 4 nitrogen and oxygen atoms in total. The summed E-state index contributed by atoms with van der Waals surface area (Å²) >= 11 is 0. The van der Waals surface area contributed by atoms with E-state index < -0.39 is 0 Å². The molecule has 0 bridgehead atoms. The van der Waals surface area contributed by atoms with E-state index in [-0.39, 0.29) is 18.1 Å². The molecule has 0 spiro atoms. The van der Waals surface area contributed by atoms with Crippen LogP contribution in [-0.4, -0.2) is 26.3 Å². The Balaban J connectivity index is 2.13. The largest absolute Gasteiger partial charge is 0.497 e. The summed E-state index contributed by atoms with van der Waals surface area (Å²) in [5, 5.41) is 0. The van der Waals surface area contributed by atoms with Gasteiger partial charge in [-0.1, -0.05) is 12.1 Å². The van der Waals surface area contributed by atoms with Crippen LogP contribution < -0.4 is 9.47 Å². The van der Waals surface area contributed by atoms with Crippen molar-refractivity contribution in [1.82, 2.24) is 0 Å². The molecule has 4 heteroatoms. The average molecular weight is 312 g/mol. The molecule has 0 heterocycles. The van der Waals surface area contributed by atoms with Crippen molar-refractivity contribution in [2.24, 2.45) is 0 Å². The summed E-state index contributed by atoms with van der Waals surface area (Å²) in [4.78, 5) is 23.4. The Hall–Kier alpha value is -2.62. The maximum Gasteiger partial charge on any atom is 0.163 e. The molecule has 0 aliphatic rings. The summed E-state index contributed by atoms with van der Waals surface area (Å²) in [5.41, 5.74) is 1.58. The second-order valence-electron chi connectivity index (χ2n) is 5.23. The van der Waals surface area contributed by atoms with Gasteiger partial charge in [0.25, 0.3) is 0 Å². The fourth-order valence-electron chi connectivity index (χ4n) is 2.45. The van der Waals surface area contributed by atoms with E-state index in [0.29, 0.717) is 17.7 Å². The molecule has 0 saturated heterocycles. The van der Waals surface area contributed by atoms with Gasteiger partial charge in [-0.2, -0.15) is 0 Å². The smallest absolute Gasteiger partial charge is 0.163 e. The molecule has 0 unspecified atom stereocenters. The van der Waals surface area contributed by atoms with Gasteiger partial charge in [-0.3, -0.25) is 4.79 Å². The second-order valence-corrected chi connectivity index (χ2v) is 5.23. The SMILES string of the molecule is COc1ccc(C(=O)C[C@@H](CC=O)c2ccc(OC)cc2)cc1. The molecular weight excluding hydrogens is 292 g/mol. The van der Waals surface area contributed by atoms with E-state index in [4.69, 9.17) is 9.47 Å². The number of benzene rings is 2. The lowest BCUT2D eigenvalue weighted by Gasteiger charge is -2.14. The van der Waals surface area contributed by atoms with Gasteiger partial charge in [0.05, 0.1) is 14.2 Å². The lowest BCUT2D eigenvalue weighted by Crippen LogP contribution is -2.08. The maximum atomic E-state index is 12.4. The Morgan fingerprint density at radius 2 is 1.48 bits per heavy atom. The number of ether oxygens (including phenoxy) is 2. The van der Waals surface area contributed by atoms with Gasteiger partial charge >= 0.3 is 0 Å². The first-order valence-electron chi connectivity index (χ1n) is 7.42. The highest BCUT2D eigenvalue weighted by Crippen LogP contribution is 2.26. The highest BCUT2D eigenvalue weighted by Gasteiger charge is 2.17. The molecule has 2 rings (SSSR count). The first kappa shape index (κ1) is 16.7. The number of methoxy groups -OCH3 is 2. The zero-order valence-corrected chi connectivity index (χ0v) is 13.3. The Bertz CT molecular complexity index is 644. The summed E-state index contributed by atoms with van der Waals surface area (Å²) in [5.74, 6) is 1.34. The van der Waals surface area contributed by atoms with Crippen molar-refractivity contribution in [1.29, 1.82) is 0 Å². The summed E-state index contributed by atoms with van der Waals surface area (Å²) in [7, 11) is 3.19. The Morgan fingerprint density at radius 1 is 0.957 bits per heavy atom. The van der Waals surface area contributed by atoms with Crippen LogP contribution in [-0.2, 0) is 4.79 Å². The van der Waals surface area contributed by atoms with Crippen molar-refractivity contribution in [3.8, 4) is 11.5 Å². The minimum atomic E-state index is -0.131. The number of carbonyl (C=O) groups excluding carboxylic acids is 2. The third-order valence-electron chi connectivity index (χ3n) is 3.81. The molecule has 0 aliphatic heterocycles. The van der Waals surface area contributed by atoms with Crippen LogP contribution in [0.4, 0.5) is 0 Å². The number of Topliss-reactive ketones (excluding diaryl/α,β-unsaturated/α-hetero) is 1. The van der Waals surface area contributed by atoms with Gasteiger partial charge in [-0.25, -0.2) is 0 Å². The Kier molecular flexibility index (Phi) is 5.92. The lowest BCUT2D eigenvalue weighted by molar-refractivity contribution is -0.108. The number of rotatable bonds is 8. The molecule has 0 aromatic heterocycles. The molecule has 2 aromatic carbocycles. The molecule has 0 saturated carbocycles. The van der Waals surface area contributed by atoms with Crippen LogP contribution in [0.1, 0.15) is 34.7 Å². The van der Waals surface area contributed by atoms with E-state index in [0.717, 1.165) is 17.6 Å². The topological polar surface area (TPSA) is 52.6 Å². The molecule has 23 heavy (non-hydrogen) atoms. The van der Waals surface area contributed by atoms with Crippen LogP contribution in [0.5, 0.6) is 11.5 Å². The van der Waals surface area contributed by atoms with Crippen molar-refractivity contribution in [3.05, 3.63) is 59.7 Å². The predicted molar refractivity (Wildman–Crippen MR) is 88.4 cm³/mol. The Labute approximate surface area is 136 Å². The molecule has 0 fully saturated rings. The normalized spacial score (nSPS) is 11.6. The van der Waals surface area contributed by atoms with E-state index >= 15 is 0 Å². The fourth-order valence-corrected chi connectivity index (χ4v) is 2.45. The van der Waals surface area contributed by atoms with Crippen molar-refractivity contribution in [2.75, 3.05) is 14.2 Å². The molecule has 1 atom stereocenters. The predicted octanol–water partition coefficient (Wildman–Crippen LogP) is 3.65. The monoisotopic (exact) mass is 312 g/mol. The Morgan fingerprint density at radius 3 is 1.96 bits per heavy atom. The van der Waals surface area contributed by atoms with Gasteiger partial charge in [0.2, 0.25) is 0 Å². The van der Waals surface area contributed by atoms with Crippen molar-refractivity contribution >= 4 is 12.1 Å². The van der Waals surface area contributed by atoms with Crippen LogP contribution in [0.15, 0.2) is 48.5 Å². The minimum absolute atomic E-state index is 0.00956. The average Bonchev–Trinajstić information content (AvgIpc) is 2.61. The van der Waals surface area contributed by atoms with E-state index in [1.54, 1.807) is 38.5 Å². The van der Waals surface area contributed by atoms with Crippen molar-refractivity contribution in [2.45, 2.75) is 18.8 Å². The molecule has 120 valence electrons. The van der Waals surface area contributed by atoms with Crippen LogP contribution in [0.2, 0.25) is 0 Å². The van der Waals surface area contributed by atoms with Gasteiger partial charge < -0.3 is 14.3 Å². The molecular formula is C19H20O4. The van der Waals surface area contributed by atoms with E-state index in [1.165, 1.54) is 0 Å². The highest BCUT2D eigenvalue weighted by molar-refractivity contribution is 5.96. The summed E-state index contributed by atoms with van der Waals surface area (Å²) in [6, 6.07) is 14.5. The summed E-state index contributed by atoms with van der Waals surface area (Å²) in [6.45, 7) is 0. The fraction of sp³-hybridized carbons (Fsp3) is 0.263. The van der Waals surface area contributed by atoms with Gasteiger partial charge in [-0.15, -0.1) is 0 Å². The van der Waals surface area contributed by atoms with E-state index in [1.807, 2.05) is 24.3 Å². The summed E-state index contributed by atoms with van der Waals surface area (Å²) < 4.78 is 10.2. The second kappa shape index (κ2) is 8.13. The van der Waals surface area contributed by atoms with Gasteiger partial charge in [-0.05, 0) is 47.9 Å². The molecule has 0 radical (unpaired) electrons. The number of hydrogen-bond donors (Lipinski definition) is 0. The van der Waals surface area contributed by atoms with Crippen molar-refractivity contribution < 1.29 is 19.1 Å². The van der Waals surface area contributed by atoms with Gasteiger partial charge in [0, 0.05) is 18.4 Å². The van der Waals surface area contributed by atoms with Crippen molar-refractivity contribution in [3.63, 3.8) is 0 Å². The number of ketones is 1. The van der Waals surface area contributed by atoms with Crippen LogP contribution in [0.3, 0.4) is 0 Å². The number of aldehydes is 1. The molecule has 0 aliphatic carbocycles. The standard InChI is InChI=1S/C19H20O4/c1-22-17-7-3-14(4-8-17)16(11-12-20)13-19(21)15-5-9-18(23-2)10-6-15/h3-10,12,16H,11,13H2,1-2H3/t16-/m1/s1. The molecule has 0 amide bonds. The number of hydrogen-bond acceptors (Lipinski definition) is 4. The molecule has 0 N–H and O–H groups in total. The minimum Gasteiger partial charge on any atom is -0.497 e. The summed E-state index contributed by atoms with van der Waals surface area (Å²) in [6.07, 6.45) is 1.46. The zero-order valence-electron chi connectivity index (χ0n) is 13.3. The quantitative estimate of drug-likeness (QED) is 0.551. The van der Waals surface area contributed by atoms with Crippen LogP contribution in [0, 0.1) is 0 Å². The first-order chi connectivity index (χ1) is 11.2. The van der Waals surface area contributed by atoms with Crippen LogP contribution >= 0.6 is 0 Å². The maximum absolute atomic E-state index is 12.4. The first-order valence-corrected chi connectivity index (χ1v) is 7.42. The van der Waals surface area contributed by atoms with E-state index in [2.05, 4.69) is 0 Å². The highest BCUT2D eigenvalue weighted by atomic mass is 16.5. The van der Waals surface area contributed by atoms with Crippen LogP contribution in [0.25, 0.3) is 0 Å². The third kappa shape index (κ3) is 4.42. The third-order valence-corrected chi connectivity index (χ3v) is 3.81.